The van der Waals surface area contributed by atoms with Crippen LogP contribution in [0.1, 0.15) is 36.1 Å². The van der Waals surface area contributed by atoms with E-state index < -0.39 is 11.6 Å². The van der Waals surface area contributed by atoms with Crippen molar-refractivity contribution in [3.8, 4) is 11.5 Å². The van der Waals surface area contributed by atoms with Crippen LogP contribution >= 0.6 is 0 Å². The SMILES string of the molecule is CC(=O)Oc1c(C)c(C)c2c(c1C)CC(C)(/C=C/C(=O)O)O2. The maximum absolute atomic E-state index is 11.3. The van der Waals surface area contributed by atoms with Crippen molar-refractivity contribution in [3.05, 3.63) is 34.4 Å². The first kappa shape index (κ1) is 16.1. The molecule has 5 heteroatoms. The molecule has 0 amide bonds. The van der Waals surface area contributed by atoms with E-state index in [1.54, 1.807) is 6.08 Å². The molecule has 0 aromatic heterocycles. The number of ether oxygens (including phenoxy) is 2. The second kappa shape index (κ2) is 5.48. The Kier molecular flexibility index (Phi) is 4.00. The van der Waals surface area contributed by atoms with Crippen LogP contribution in [0.2, 0.25) is 0 Å². The number of rotatable bonds is 3. The minimum atomic E-state index is -1.01. The van der Waals surface area contributed by atoms with Crippen LogP contribution < -0.4 is 9.47 Å². The van der Waals surface area contributed by atoms with E-state index in [-0.39, 0.29) is 5.97 Å². The third-order valence-electron chi connectivity index (χ3n) is 4.00. The number of carbonyl (C=O) groups excluding carboxylic acids is 1. The van der Waals surface area contributed by atoms with Crippen LogP contribution in [0.5, 0.6) is 11.5 Å². The fraction of sp³-hybridized carbons (Fsp3) is 0.412. The van der Waals surface area contributed by atoms with Crippen molar-refractivity contribution < 1.29 is 24.2 Å². The molecule has 0 aliphatic carbocycles. The molecule has 2 rings (SSSR count). The summed E-state index contributed by atoms with van der Waals surface area (Å²) in [7, 11) is 0. The van der Waals surface area contributed by atoms with Crippen LogP contribution in [0, 0.1) is 20.8 Å². The first-order chi connectivity index (χ1) is 10.1. The van der Waals surface area contributed by atoms with Gasteiger partial charge in [0.2, 0.25) is 0 Å². The highest BCUT2D eigenvalue weighted by Crippen LogP contribution is 2.45. The van der Waals surface area contributed by atoms with Crippen molar-refractivity contribution in [3.63, 3.8) is 0 Å². The van der Waals surface area contributed by atoms with E-state index in [1.807, 2.05) is 27.7 Å². The van der Waals surface area contributed by atoms with Gasteiger partial charge in [0.15, 0.2) is 0 Å². The molecular formula is C17H20O5. The molecule has 0 bridgehead atoms. The monoisotopic (exact) mass is 304 g/mol. The summed E-state index contributed by atoms with van der Waals surface area (Å²) < 4.78 is 11.3. The Morgan fingerprint density at radius 3 is 2.41 bits per heavy atom. The number of carboxylic acid groups (broad SMARTS) is 1. The molecule has 1 aliphatic heterocycles. The largest absolute Gasteiger partial charge is 0.483 e. The lowest BCUT2D eigenvalue weighted by Crippen LogP contribution is -2.27. The topological polar surface area (TPSA) is 72.8 Å². The van der Waals surface area contributed by atoms with E-state index in [9.17, 15) is 9.59 Å². The molecule has 1 N–H and O–H groups in total. The number of hydrogen-bond donors (Lipinski definition) is 1. The summed E-state index contributed by atoms with van der Waals surface area (Å²) in [4.78, 5) is 22.0. The average molecular weight is 304 g/mol. The Hall–Kier alpha value is -2.30. The van der Waals surface area contributed by atoms with Gasteiger partial charge in [-0.05, 0) is 50.5 Å². The summed E-state index contributed by atoms with van der Waals surface area (Å²) in [5, 5.41) is 8.80. The number of carboxylic acids is 1. The van der Waals surface area contributed by atoms with Gasteiger partial charge in [0.25, 0.3) is 0 Å². The molecule has 0 radical (unpaired) electrons. The van der Waals surface area contributed by atoms with E-state index >= 15 is 0 Å². The molecule has 1 aromatic carbocycles. The average Bonchev–Trinajstić information content (AvgIpc) is 2.78. The minimum Gasteiger partial charge on any atom is -0.483 e. The van der Waals surface area contributed by atoms with Crippen molar-refractivity contribution in [1.82, 2.24) is 0 Å². The lowest BCUT2D eigenvalue weighted by atomic mass is 9.92. The first-order valence-corrected chi connectivity index (χ1v) is 7.07. The molecule has 0 saturated heterocycles. The second-order valence-electron chi connectivity index (χ2n) is 5.87. The standard InChI is InChI=1S/C17H20O5/c1-9-10(2)16-13(11(3)15(9)21-12(4)18)8-17(5,22-16)7-6-14(19)20/h6-7H,8H2,1-5H3,(H,19,20)/b7-6+. The third-order valence-corrected chi connectivity index (χ3v) is 4.00. The van der Waals surface area contributed by atoms with Gasteiger partial charge in [-0.25, -0.2) is 4.79 Å². The van der Waals surface area contributed by atoms with Crippen molar-refractivity contribution in [2.45, 2.75) is 46.6 Å². The van der Waals surface area contributed by atoms with E-state index in [2.05, 4.69) is 0 Å². The fourth-order valence-electron chi connectivity index (χ4n) is 2.76. The Labute approximate surface area is 129 Å². The van der Waals surface area contributed by atoms with Crippen LogP contribution in [0.15, 0.2) is 12.2 Å². The van der Waals surface area contributed by atoms with Gasteiger partial charge in [-0.1, -0.05) is 0 Å². The van der Waals surface area contributed by atoms with Crippen LogP contribution in [-0.4, -0.2) is 22.6 Å². The van der Waals surface area contributed by atoms with Crippen LogP contribution in [0.3, 0.4) is 0 Å². The molecule has 1 unspecified atom stereocenters. The highest BCUT2D eigenvalue weighted by Gasteiger charge is 2.36. The predicted octanol–water partition coefficient (Wildman–Crippen LogP) is 2.87. The number of hydrogen-bond acceptors (Lipinski definition) is 4. The zero-order valence-corrected chi connectivity index (χ0v) is 13.4. The predicted molar refractivity (Wildman–Crippen MR) is 81.5 cm³/mol. The van der Waals surface area contributed by atoms with Gasteiger partial charge in [0, 0.05) is 25.0 Å². The normalized spacial score (nSPS) is 19.9. The maximum Gasteiger partial charge on any atom is 0.328 e. The summed E-state index contributed by atoms with van der Waals surface area (Å²) in [5.74, 6) is -0.0498. The molecular weight excluding hydrogens is 284 g/mol. The zero-order chi connectivity index (χ0) is 16.7. The summed E-state index contributed by atoms with van der Waals surface area (Å²) in [6.07, 6.45) is 3.18. The zero-order valence-electron chi connectivity index (χ0n) is 13.4. The van der Waals surface area contributed by atoms with Crippen LogP contribution in [0.4, 0.5) is 0 Å². The molecule has 1 atom stereocenters. The molecule has 5 nitrogen and oxygen atoms in total. The number of fused-ring (bicyclic) bond motifs is 1. The summed E-state index contributed by atoms with van der Waals surface area (Å²) >= 11 is 0. The van der Waals surface area contributed by atoms with Crippen molar-refractivity contribution in [2.24, 2.45) is 0 Å². The summed E-state index contributed by atoms with van der Waals surface area (Å²) in [5.41, 5.74) is 2.87. The summed E-state index contributed by atoms with van der Waals surface area (Å²) in [6.45, 7) is 8.89. The number of aliphatic carboxylic acids is 1. The van der Waals surface area contributed by atoms with E-state index in [1.165, 1.54) is 6.92 Å². The number of carbonyl (C=O) groups is 2. The van der Waals surface area contributed by atoms with Gasteiger partial charge in [-0.2, -0.15) is 0 Å². The van der Waals surface area contributed by atoms with Crippen molar-refractivity contribution in [1.29, 1.82) is 0 Å². The van der Waals surface area contributed by atoms with E-state index in [4.69, 9.17) is 14.6 Å². The van der Waals surface area contributed by atoms with Crippen molar-refractivity contribution >= 4 is 11.9 Å². The molecule has 0 saturated carbocycles. The molecule has 0 fully saturated rings. The second-order valence-corrected chi connectivity index (χ2v) is 5.87. The van der Waals surface area contributed by atoms with Crippen LogP contribution in [0.25, 0.3) is 0 Å². The van der Waals surface area contributed by atoms with Gasteiger partial charge < -0.3 is 14.6 Å². The molecule has 118 valence electrons. The Bertz CT molecular complexity index is 687. The van der Waals surface area contributed by atoms with E-state index in [0.717, 1.165) is 34.1 Å². The van der Waals surface area contributed by atoms with Gasteiger partial charge in [0.05, 0.1) is 0 Å². The smallest absolute Gasteiger partial charge is 0.328 e. The number of benzene rings is 1. The first-order valence-electron chi connectivity index (χ1n) is 7.07. The Morgan fingerprint density at radius 2 is 1.86 bits per heavy atom. The fourth-order valence-corrected chi connectivity index (χ4v) is 2.76. The minimum absolute atomic E-state index is 0.363. The highest BCUT2D eigenvalue weighted by atomic mass is 16.5. The lowest BCUT2D eigenvalue weighted by molar-refractivity contribution is -0.132. The summed E-state index contributed by atoms with van der Waals surface area (Å²) in [6, 6.07) is 0. The molecule has 1 heterocycles. The highest BCUT2D eigenvalue weighted by molar-refractivity contribution is 5.80. The van der Waals surface area contributed by atoms with Crippen molar-refractivity contribution in [2.75, 3.05) is 0 Å². The Morgan fingerprint density at radius 1 is 1.23 bits per heavy atom. The lowest BCUT2D eigenvalue weighted by Gasteiger charge is -2.20. The maximum atomic E-state index is 11.3. The molecule has 1 aromatic rings. The third kappa shape index (κ3) is 2.84. The molecule has 0 spiro atoms. The van der Waals surface area contributed by atoms with Gasteiger partial charge >= 0.3 is 11.9 Å². The van der Waals surface area contributed by atoms with Gasteiger partial charge in [-0.3, -0.25) is 4.79 Å². The molecule has 22 heavy (non-hydrogen) atoms. The van der Waals surface area contributed by atoms with Gasteiger partial charge in [0.1, 0.15) is 17.1 Å². The quantitative estimate of drug-likeness (QED) is 0.528. The Balaban J connectivity index is 2.50. The number of esters is 1. The van der Waals surface area contributed by atoms with Crippen LogP contribution in [-0.2, 0) is 16.0 Å². The molecule has 1 aliphatic rings. The van der Waals surface area contributed by atoms with E-state index in [0.29, 0.717) is 12.2 Å². The van der Waals surface area contributed by atoms with Gasteiger partial charge in [-0.15, -0.1) is 0 Å².